The van der Waals surface area contributed by atoms with Gasteiger partial charge in [0.25, 0.3) is 0 Å². The Labute approximate surface area is 132 Å². The summed E-state index contributed by atoms with van der Waals surface area (Å²) in [6, 6.07) is 9.78. The molecule has 0 saturated carbocycles. The second kappa shape index (κ2) is 10.7. The van der Waals surface area contributed by atoms with Crippen molar-refractivity contribution in [3.8, 4) is 0 Å². The second-order valence-electron chi connectivity index (χ2n) is 4.76. The summed E-state index contributed by atoms with van der Waals surface area (Å²) >= 11 is 0. The zero-order chi connectivity index (χ0) is 16.2. The van der Waals surface area contributed by atoms with Crippen molar-refractivity contribution in [2.24, 2.45) is 0 Å². The molecule has 1 unspecified atom stereocenters. The highest BCUT2D eigenvalue weighted by Gasteiger charge is 2.32. The molecule has 0 aliphatic carbocycles. The van der Waals surface area contributed by atoms with Gasteiger partial charge < -0.3 is 14.8 Å². The summed E-state index contributed by atoms with van der Waals surface area (Å²) in [5.41, 5.74) is 1.33. The summed E-state index contributed by atoms with van der Waals surface area (Å²) in [7, 11) is 0. The van der Waals surface area contributed by atoms with E-state index < -0.39 is 18.1 Å². The van der Waals surface area contributed by atoms with E-state index in [1.807, 2.05) is 32.0 Å². The number of carbonyl (C=O) groups excluding carboxylic acids is 2. The second-order valence-corrected chi connectivity index (χ2v) is 4.76. The minimum absolute atomic E-state index is 0.241. The van der Waals surface area contributed by atoms with Crippen LogP contribution in [-0.4, -0.2) is 31.3 Å². The standard InChI is InChI=1S/C15H19NO4.C2H6/c17-14-13(11-20-14)16-15(18)19-10-6-2-5-9-12-7-3-1-4-8-12;1-2/h1,3-4,7-8,13H,2,5-6,9-11H2,(H,16,18);1-2H3. The molecule has 0 aromatic heterocycles. The summed E-state index contributed by atoms with van der Waals surface area (Å²) in [6.07, 6.45) is 3.41. The molecule has 1 saturated heterocycles. The Morgan fingerprint density at radius 3 is 2.55 bits per heavy atom. The van der Waals surface area contributed by atoms with Crippen molar-refractivity contribution in [1.82, 2.24) is 5.32 Å². The van der Waals surface area contributed by atoms with Crippen molar-refractivity contribution in [2.75, 3.05) is 13.2 Å². The normalized spacial score (nSPS) is 15.7. The van der Waals surface area contributed by atoms with Crippen molar-refractivity contribution in [3.63, 3.8) is 0 Å². The molecule has 1 aromatic carbocycles. The molecule has 1 N–H and O–H groups in total. The van der Waals surface area contributed by atoms with Crippen molar-refractivity contribution in [2.45, 2.75) is 45.6 Å². The van der Waals surface area contributed by atoms with Gasteiger partial charge in [-0.25, -0.2) is 9.59 Å². The van der Waals surface area contributed by atoms with Gasteiger partial charge in [-0.2, -0.15) is 0 Å². The molecule has 0 radical (unpaired) electrons. The average molecular weight is 307 g/mol. The number of cyclic esters (lactones) is 1. The Hall–Kier alpha value is -2.04. The number of unbranched alkanes of at least 4 members (excludes halogenated alkanes) is 2. The predicted molar refractivity (Wildman–Crippen MR) is 84.6 cm³/mol. The fourth-order valence-electron chi connectivity index (χ4n) is 1.94. The SMILES string of the molecule is CC.O=C(NC1COC1=O)OCCCCCc1ccccc1. The molecule has 0 spiro atoms. The first-order valence-corrected chi connectivity index (χ1v) is 7.89. The maximum atomic E-state index is 11.3. The van der Waals surface area contributed by atoms with Gasteiger partial charge in [0, 0.05) is 0 Å². The summed E-state index contributed by atoms with van der Waals surface area (Å²) < 4.78 is 9.53. The zero-order valence-corrected chi connectivity index (χ0v) is 13.3. The number of benzene rings is 1. The lowest BCUT2D eigenvalue weighted by molar-refractivity contribution is -0.162. The van der Waals surface area contributed by atoms with Crippen LogP contribution >= 0.6 is 0 Å². The summed E-state index contributed by atoms with van der Waals surface area (Å²) in [6.45, 7) is 4.62. The van der Waals surface area contributed by atoms with Gasteiger partial charge in [-0.05, 0) is 31.2 Å². The van der Waals surface area contributed by atoms with Crippen LogP contribution in [0, 0.1) is 0 Å². The van der Waals surface area contributed by atoms with Crippen LogP contribution in [0.15, 0.2) is 30.3 Å². The molecule has 5 heteroatoms. The van der Waals surface area contributed by atoms with Crippen molar-refractivity contribution in [1.29, 1.82) is 0 Å². The first-order valence-electron chi connectivity index (χ1n) is 7.89. The van der Waals surface area contributed by atoms with Gasteiger partial charge in [-0.15, -0.1) is 0 Å². The average Bonchev–Trinajstić information content (AvgIpc) is 2.57. The van der Waals surface area contributed by atoms with E-state index in [0.717, 1.165) is 25.7 Å². The van der Waals surface area contributed by atoms with E-state index in [4.69, 9.17) is 4.74 Å². The Morgan fingerprint density at radius 1 is 1.23 bits per heavy atom. The van der Waals surface area contributed by atoms with Crippen LogP contribution in [0.2, 0.25) is 0 Å². The van der Waals surface area contributed by atoms with E-state index in [-0.39, 0.29) is 6.61 Å². The highest BCUT2D eigenvalue weighted by molar-refractivity contribution is 5.85. The Kier molecular flexibility index (Phi) is 8.72. The molecule has 1 aliphatic heterocycles. The van der Waals surface area contributed by atoms with Crippen LogP contribution in [0.3, 0.4) is 0 Å². The lowest BCUT2D eigenvalue weighted by Gasteiger charge is -2.24. The molecule has 1 fully saturated rings. The van der Waals surface area contributed by atoms with Crippen LogP contribution in [0.4, 0.5) is 4.79 Å². The largest absolute Gasteiger partial charge is 0.461 e. The van der Waals surface area contributed by atoms with E-state index in [0.29, 0.717) is 6.61 Å². The molecule has 5 nitrogen and oxygen atoms in total. The topological polar surface area (TPSA) is 64.6 Å². The van der Waals surface area contributed by atoms with Crippen molar-refractivity contribution in [3.05, 3.63) is 35.9 Å². The fraction of sp³-hybridized carbons (Fsp3) is 0.529. The van der Waals surface area contributed by atoms with Crippen LogP contribution < -0.4 is 5.32 Å². The first-order chi connectivity index (χ1) is 10.8. The zero-order valence-electron chi connectivity index (χ0n) is 13.3. The number of hydrogen-bond acceptors (Lipinski definition) is 4. The van der Waals surface area contributed by atoms with E-state index >= 15 is 0 Å². The maximum absolute atomic E-state index is 11.3. The van der Waals surface area contributed by atoms with Crippen LogP contribution in [0.5, 0.6) is 0 Å². The van der Waals surface area contributed by atoms with Gasteiger partial charge in [0.15, 0.2) is 6.04 Å². The Morgan fingerprint density at radius 2 is 1.95 bits per heavy atom. The molecule has 0 bridgehead atoms. The minimum Gasteiger partial charge on any atom is -0.461 e. The quantitative estimate of drug-likeness (QED) is 0.621. The molecule has 1 atom stereocenters. The molecular weight excluding hydrogens is 282 g/mol. The summed E-state index contributed by atoms with van der Waals surface area (Å²) in [5, 5.41) is 2.45. The third-order valence-corrected chi connectivity index (χ3v) is 3.15. The van der Waals surface area contributed by atoms with Gasteiger partial charge in [-0.1, -0.05) is 44.2 Å². The fourth-order valence-corrected chi connectivity index (χ4v) is 1.94. The number of nitrogens with one attached hydrogen (secondary N) is 1. The van der Waals surface area contributed by atoms with Gasteiger partial charge >= 0.3 is 12.1 Å². The monoisotopic (exact) mass is 307 g/mol. The highest BCUT2D eigenvalue weighted by Crippen LogP contribution is 2.06. The molecule has 22 heavy (non-hydrogen) atoms. The third kappa shape index (κ3) is 6.61. The lowest BCUT2D eigenvalue weighted by Crippen LogP contribution is -2.53. The predicted octanol–water partition coefficient (Wildman–Crippen LogP) is 3.08. The van der Waals surface area contributed by atoms with Crippen molar-refractivity contribution < 1.29 is 19.1 Å². The number of ether oxygens (including phenoxy) is 2. The summed E-state index contributed by atoms with van der Waals surface area (Å²) in [4.78, 5) is 22.1. The smallest absolute Gasteiger partial charge is 0.407 e. The molecule has 1 heterocycles. The van der Waals surface area contributed by atoms with E-state index in [1.54, 1.807) is 0 Å². The lowest BCUT2D eigenvalue weighted by atomic mass is 10.1. The van der Waals surface area contributed by atoms with Gasteiger partial charge in [0.1, 0.15) is 6.61 Å². The van der Waals surface area contributed by atoms with Crippen LogP contribution in [0.1, 0.15) is 38.7 Å². The van der Waals surface area contributed by atoms with Crippen LogP contribution in [0.25, 0.3) is 0 Å². The first kappa shape index (κ1) is 18.0. The molecule has 1 aliphatic rings. The number of rotatable bonds is 7. The number of esters is 1. The van der Waals surface area contributed by atoms with E-state index in [2.05, 4.69) is 22.2 Å². The number of amides is 1. The van der Waals surface area contributed by atoms with Gasteiger partial charge in [0.2, 0.25) is 0 Å². The number of hydrogen-bond donors (Lipinski definition) is 1. The Balaban J connectivity index is 0.00000116. The maximum Gasteiger partial charge on any atom is 0.407 e. The summed E-state index contributed by atoms with van der Waals surface area (Å²) in [5.74, 6) is -0.398. The number of carbonyl (C=O) groups is 2. The van der Waals surface area contributed by atoms with E-state index in [1.165, 1.54) is 5.56 Å². The molecule has 1 amide bonds. The highest BCUT2D eigenvalue weighted by atomic mass is 16.6. The van der Waals surface area contributed by atoms with E-state index in [9.17, 15) is 9.59 Å². The van der Waals surface area contributed by atoms with Gasteiger partial charge in [-0.3, -0.25) is 0 Å². The Bertz CT molecular complexity index is 447. The third-order valence-electron chi connectivity index (χ3n) is 3.15. The number of aryl methyl sites for hydroxylation is 1. The minimum atomic E-state index is -0.547. The van der Waals surface area contributed by atoms with Crippen LogP contribution in [-0.2, 0) is 20.7 Å². The molecule has 2 rings (SSSR count). The molecule has 122 valence electrons. The number of alkyl carbamates (subject to hydrolysis) is 1. The molecular formula is C17H25NO4. The van der Waals surface area contributed by atoms with Crippen molar-refractivity contribution >= 4 is 12.1 Å². The molecule has 1 aromatic rings. The van der Waals surface area contributed by atoms with Gasteiger partial charge in [0.05, 0.1) is 6.61 Å².